The number of carbonyl (C=O) groups excluding carboxylic acids is 1. The molecule has 2 atom stereocenters. The summed E-state index contributed by atoms with van der Waals surface area (Å²) in [6, 6.07) is 22.1. The Kier molecular flexibility index (Phi) is 15.6. The van der Waals surface area contributed by atoms with Crippen LogP contribution in [0, 0.1) is 15.5 Å². The van der Waals surface area contributed by atoms with Crippen molar-refractivity contribution in [3.05, 3.63) is 111 Å². The second-order valence-corrected chi connectivity index (χ2v) is 29.4. The molecule has 2 N–H and O–H groups in total. The van der Waals surface area contributed by atoms with Gasteiger partial charge >= 0.3 is 0 Å². The highest BCUT2D eigenvalue weighted by molar-refractivity contribution is 7.90. The number of hydrogen-bond donors (Lipinski definition) is 2. The molecule has 5 aromatic rings. The lowest BCUT2D eigenvalue weighted by atomic mass is 9.72. The number of aromatic nitrogens is 2. The number of ether oxygens (including phenoxy) is 4. The van der Waals surface area contributed by atoms with E-state index < -0.39 is 39.5 Å². The highest BCUT2D eigenvalue weighted by Gasteiger charge is 2.34. The van der Waals surface area contributed by atoms with E-state index in [2.05, 4.69) is 65.5 Å². The molecule has 390 valence electrons. The summed E-state index contributed by atoms with van der Waals surface area (Å²) in [6.07, 6.45) is 4.41. The molecule has 5 heterocycles. The number of anilines is 4. The van der Waals surface area contributed by atoms with E-state index in [1.165, 1.54) is 28.8 Å². The zero-order valence-corrected chi connectivity index (χ0v) is 45.2. The molecule has 2 fully saturated rings. The van der Waals surface area contributed by atoms with E-state index in [1.54, 1.807) is 6.07 Å². The number of nitro benzene ring substituents is 1. The van der Waals surface area contributed by atoms with Gasteiger partial charge < -0.3 is 38.6 Å². The lowest BCUT2D eigenvalue weighted by Crippen LogP contribution is -2.47. The smallest absolute Gasteiger partial charge is 0.293 e. The van der Waals surface area contributed by atoms with E-state index in [0.29, 0.717) is 62.6 Å². The fraction of sp³-hybridized carbons (Fsp3) is 0.472. The van der Waals surface area contributed by atoms with Crippen LogP contribution in [-0.4, -0.2) is 126 Å². The van der Waals surface area contributed by atoms with Crippen molar-refractivity contribution >= 4 is 80.6 Å². The molecule has 1 aliphatic carbocycles. The summed E-state index contributed by atoms with van der Waals surface area (Å²) in [4.78, 5) is 37.5. The standard InChI is InChI=1S/C53H67ClN8O9SSi/c1-36-32-61(49-27-38-16-18-60(50(38)56-52(49)71-36)35-69-25-26-73(4,5)6)47-28-41(59-21-19-58(20-22-59)33-39-15-17-53(2,3)30-45(39)37-7-9-40(54)10-8-37)11-13-44(47)51(63)57-72(66,67)43-12-14-46(48(29-43)62(64)65)55-31-42-34-68-23-24-70-42/h7-14,16,18,27-29,36,42,55H,15,17,19-26,30-35H2,1-6H3,(H,57,63)/t36-,42+/m1/s1. The van der Waals surface area contributed by atoms with E-state index in [0.717, 1.165) is 80.2 Å². The molecule has 3 aliphatic heterocycles. The van der Waals surface area contributed by atoms with Crippen molar-refractivity contribution in [3.63, 3.8) is 0 Å². The fourth-order valence-corrected chi connectivity index (χ4v) is 11.8. The van der Waals surface area contributed by atoms with Gasteiger partial charge in [0.1, 0.15) is 29.9 Å². The molecule has 20 heteroatoms. The average Bonchev–Trinajstić information content (AvgIpc) is 3.75. The summed E-state index contributed by atoms with van der Waals surface area (Å²) in [5.74, 6) is -0.532. The number of nitro groups is 1. The average molecular weight is 1060 g/mol. The third kappa shape index (κ3) is 12.5. The molecule has 17 nitrogen and oxygen atoms in total. The zero-order chi connectivity index (χ0) is 51.7. The van der Waals surface area contributed by atoms with Gasteiger partial charge in [0.05, 0.1) is 53.5 Å². The third-order valence-corrected chi connectivity index (χ3v) is 17.4. The monoisotopic (exact) mass is 1050 g/mol. The van der Waals surface area contributed by atoms with Crippen molar-refractivity contribution in [2.24, 2.45) is 5.41 Å². The molecular weight excluding hydrogens is 988 g/mol. The summed E-state index contributed by atoms with van der Waals surface area (Å²) in [5, 5.41) is 16.8. The fourth-order valence-electron chi connectivity index (χ4n) is 9.95. The van der Waals surface area contributed by atoms with Gasteiger partial charge in [0, 0.05) is 82.3 Å². The summed E-state index contributed by atoms with van der Waals surface area (Å²) < 4.78 is 55.9. The van der Waals surface area contributed by atoms with Gasteiger partial charge in [-0.2, -0.15) is 4.98 Å². The number of halogens is 1. The van der Waals surface area contributed by atoms with Gasteiger partial charge in [-0.25, -0.2) is 13.1 Å². The predicted octanol–water partition coefficient (Wildman–Crippen LogP) is 9.56. The van der Waals surface area contributed by atoms with Crippen LogP contribution in [0.15, 0.2) is 89.5 Å². The molecule has 0 bridgehead atoms. The number of nitrogens with zero attached hydrogens (tertiary/aromatic N) is 6. The van der Waals surface area contributed by atoms with E-state index in [-0.39, 0.29) is 35.4 Å². The molecular formula is C53H67ClN8O9SSi. The van der Waals surface area contributed by atoms with E-state index in [1.807, 2.05) is 59.0 Å². The Morgan fingerprint density at radius 3 is 2.51 bits per heavy atom. The molecule has 9 rings (SSSR count). The SMILES string of the molecule is C[C@@H]1CN(c2cc(N3CCN(CC4=C(c5ccc(Cl)cc5)CC(C)(C)CC4)CC3)ccc2C(=O)NS(=O)(=O)c2ccc(NC[C@H]3COCCO3)c([N+](=O)[O-])c2)c2cc3ccn(COCC[Si](C)(C)C)c3nc2O1. The van der Waals surface area contributed by atoms with Gasteiger partial charge in [-0.3, -0.25) is 19.8 Å². The van der Waals surface area contributed by atoms with Crippen molar-refractivity contribution in [2.45, 2.75) is 89.6 Å². The van der Waals surface area contributed by atoms with E-state index in [4.69, 9.17) is 35.5 Å². The molecule has 0 radical (unpaired) electrons. The molecule has 0 unspecified atom stereocenters. The Morgan fingerprint density at radius 2 is 1.78 bits per heavy atom. The number of sulfonamides is 1. The molecule has 1 amide bonds. The van der Waals surface area contributed by atoms with Gasteiger partial charge in [0.25, 0.3) is 21.6 Å². The normalized spacial score (nSPS) is 19.7. The summed E-state index contributed by atoms with van der Waals surface area (Å²) >= 11 is 6.30. The molecule has 2 saturated heterocycles. The van der Waals surface area contributed by atoms with Crippen LogP contribution in [0.1, 0.15) is 56.0 Å². The number of carbonyl (C=O) groups is 1. The molecule has 3 aromatic carbocycles. The molecule has 0 saturated carbocycles. The van der Waals surface area contributed by atoms with Gasteiger partial charge in [-0.15, -0.1) is 0 Å². The number of fused-ring (bicyclic) bond motifs is 2. The number of hydrogen-bond acceptors (Lipinski definition) is 14. The lowest BCUT2D eigenvalue weighted by Gasteiger charge is -2.40. The van der Waals surface area contributed by atoms with Crippen molar-refractivity contribution in [1.29, 1.82) is 0 Å². The van der Waals surface area contributed by atoms with Gasteiger partial charge in [0.15, 0.2) is 0 Å². The Labute approximate surface area is 434 Å². The summed E-state index contributed by atoms with van der Waals surface area (Å²) in [6.45, 7) is 20.2. The maximum absolute atomic E-state index is 14.6. The summed E-state index contributed by atoms with van der Waals surface area (Å²) in [5.41, 5.74) is 6.68. The molecule has 73 heavy (non-hydrogen) atoms. The number of piperazine rings is 1. The van der Waals surface area contributed by atoms with E-state index >= 15 is 0 Å². The zero-order valence-electron chi connectivity index (χ0n) is 42.6. The first-order valence-corrected chi connectivity index (χ1v) is 30.7. The second-order valence-electron chi connectivity index (χ2n) is 21.6. The van der Waals surface area contributed by atoms with Crippen molar-refractivity contribution in [3.8, 4) is 5.88 Å². The minimum absolute atomic E-state index is 0.0869. The van der Waals surface area contributed by atoms with Crippen LogP contribution in [-0.2, 0) is 31.0 Å². The molecule has 2 aromatic heterocycles. The van der Waals surface area contributed by atoms with Crippen LogP contribution < -0.4 is 24.6 Å². The topological polar surface area (TPSA) is 183 Å². The quantitative estimate of drug-likeness (QED) is 0.0389. The Balaban J connectivity index is 1.00. The van der Waals surface area contributed by atoms with Gasteiger partial charge in [0.2, 0.25) is 5.88 Å². The number of nitrogens with one attached hydrogen (secondary N) is 2. The Bertz CT molecular complexity index is 2990. The number of amides is 1. The van der Waals surface area contributed by atoms with Crippen LogP contribution in [0.25, 0.3) is 16.6 Å². The van der Waals surface area contributed by atoms with Crippen LogP contribution in [0.4, 0.5) is 28.4 Å². The minimum Gasteiger partial charge on any atom is -0.471 e. The number of benzene rings is 3. The lowest BCUT2D eigenvalue weighted by molar-refractivity contribution is -0.384. The molecule has 4 aliphatic rings. The predicted molar refractivity (Wildman–Crippen MR) is 289 cm³/mol. The Morgan fingerprint density at radius 1 is 1.00 bits per heavy atom. The Hall–Kier alpha value is -5.54. The van der Waals surface area contributed by atoms with Crippen LogP contribution in [0.3, 0.4) is 0 Å². The van der Waals surface area contributed by atoms with Crippen molar-refractivity contribution in [1.82, 2.24) is 19.2 Å². The van der Waals surface area contributed by atoms with Crippen LogP contribution in [0.2, 0.25) is 30.7 Å². The minimum atomic E-state index is -4.63. The molecule has 0 spiro atoms. The summed E-state index contributed by atoms with van der Waals surface area (Å²) in [7, 11) is -5.92. The van der Waals surface area contributed by atoms with Crippen LogP contribution in [0.5, 0.6) is 5.88 Å². The van der Waals surface area contributed by atoms with Crippen LogP contribution >= 0.6 is 11.6 Å². The maximum atomic E-state index is 14.6. The van der Waals surface area contributed by atoms with Crippen molar-refractivity contribution < 1.29 is 37.1 Å². The third-order valence-electron chi connectivity index (χ3n) is 14.1. The first kappa shape index (κ1) is 52.3. The number of allylic oxidation sites excluding steroid dienone is 1. The van der Waals surface area contributed by atoms with Gasteiger partial charge in [-0.1, -0.05) is 62.8 Å². The highest BCUT2D eigenvalue weighted by Crippen LogP contribution is 2.45. The van der Waals surface area contributed by atoms with Gasteiger partial charge in [-0.05, 0) is 103 Å². The number of rotatable bonds is 17. The largest absolute Gasteiger partial charge is 0.471 e. The number of pyridine rings is 1. The first-order chi connectivity index (χ1) is 34.8. The maximum Gasteiger partial charge on any atom is 0.293 e. The van der Waals surface area contributed by atoms with E-state index in [9.17, 15) is 23.3 Å². The second kappa shape index (κ2) is 21.7. The highest BCUT2D eigenvalue weighted by atomic mass is 35.5. The first-order valence-electron chi connectivity index (χ1n) is 25.2. The van der Waals surface area contributed by atoms with Crippen molar-refractivity contribution in [2.75, 3.05) is 87.4 Å².